The van der Waals surface area contributed by atoms with Crippen LogP contribution in [0, 0.1) is 0 Å². The van der Waals surface area contributed by atoms with Crippen molar-refractivity contribution in [1.82, 2.24) is 9.29 Å². The summed E-state index contributed by atoms with van der Waals surface area (Å²) >= 11 is 5.64. The van der Waals surface area contributed by atoms with Crippen LogP contribution in [0.2, 0.25) is 5.15 Å². The summed E-state index contributed by atoms with van der Waals surface area (Å²) < 4.78 is 26.2. The molecule has 2 rings (SSSR count). The molecule has 0 bridgehead atoms. The summed E-state index contributed by atoms with van der Waals surface area (Å²) in [6.07, 6.45) is 3.97. The maximum Gasteiger partial charge on any atom is 0.244 e. The number of hydrogen-bond acceptors (Lipinski definition) is 4. The number of halogens is 1. The minimum atomic E-state index is -3.59. The number of sulfonamides is 1. The van der Waals surface area contributed by atoms with Crippen LogP contribution in [0.5, 0.6) is 0 Å². The topological polar surface area (TPSA) is 70.5 Å². The fourth-order valence-corrected chi connectivity index (χ4v) is 3.66. The zero-order valence-electron chi connectivity index (χ0n) is 9.79. The summed E-state index contributed by atoms with van der Waals surface area (Å²) in [5, 5.41) is 9.27. The highest BCUT2D eigenvalue weighted by Crippen LogP contribution is 2.29. The normalized spacial score (nSPS) is 16.8. The lowest BCUT2D eigenvalue weighted by atomic mass is 9.93. The smallest absolute Gasteiger partial charge is 0.244 e. The summed E-state index contributed by atoms with van der Waals surface area (Å²) in [5.41, 5.74) is 0. The van der Waals surface area contributed by atoms with Gasteiger partial charge in [-0.3, -0.25) is 0 Å². The van der Waals surface area contributed by atoms with Gasteiger partial charge in [0, 0.05) is 18.8 Å². The maximum atomic E-state index is 12.4. The minimum absolute atomic E-state index is 0.00201. The van der Waals surface area contributed by atoms with Gasteiger partial charge < -0.3 is 5.11 Å². The van der Waals surface area contributed by atoms with Gasteiger partial charge in [-0.15, -0.1) is 0 Å². The molecule has 18 heavy (non-hydrogen) atoms. The molecule has 0 amide bonds. The lowest BCUT2D eigenvalue weighted by Crippen LogP contribution is -2.45. The van der Waals surface area contributed by atoms with Crippen LogP contribution >= 0.6 is 11.6 Å². The van der Waals surface area contributed by atoms with E-state index in [0.29, 0.717) is 0 Å². The second kappa shape index (κ2) is 5.52. The number of aliphatic hydroxyl groups is 1. The van der Waals surface area contributed by atoms with E-state index >= 15 is 0 Å². The Morgan fingerprint density at radius 1 is 1.44 bits per heavy atom. The Kier molecular flexibility index (Phi) is 4.21. The highest BCUT2D eigenvalue weighted by Gasteiger charge is 2.34. The average molecular weight is 291 g/mol. The molecule has 100 valence electrons. The van der Waals surface area contributed by atoms with Crippen LogP contribution in [0.1, 0.15) is 19.3 Å². The summed E-state index contributed by atoms with van der Waals surface area (Å²) in [5.74, 6) is 0. The number of rotatable bonds is 5. The minimum Gasteiger partial charge on any atom is -0.395 e. The molecule has 1 aromatic heterocycles. The van der Waals surface area contributed by atoms with Gasteiger partial charge in [-0.1, -0.05) is 18.0 Å². The second-order valence-corrected chi connectivity index (χ2v) is 6.52. The highest BCUT2D eigenvalue weighted by atomic mass is 35.5. The molecule has 1 heterocycles. The van der Waals surface area contributed by atoms with E-state index in [2.05, 4.69) is 4.98 Å². The van der Waals surface area contributed by atoms with Crippen molar-refractivity contribution in [2.75, 3.05) is 13.2 Å². The Hall–Kier alpha value is -0.690. The van der Waals surface area contributed by atoms with E-state index in [9.17, 15) is 8.42 Å². The molecule has 0 aliphatic heterocycles. The van der Waals surface area contributed by atoms with E-state index in [1.54, 1.807) is 0 Å². The number of aromatic nitrogens is 1. The molecule has 0 aromatic carbocycles. The third-order valence-electron chi connectivity index (χ3n) is 3.11. The van der Waals surface area contributed by atoms with Crippen LogP contribution in [-0.4, -0.2) is 42.0 Å². The third kappa shape index (κ3) is 2.66. The van der Waals surface area contributed by atoms with Crippen LogP contribution in [0.25, 0.3) is 0 Å². The first-order chi connectivity index (χ1) is 8.55. The lowest BCUT2D eigenvalue weighted by molar-refractivity contribution is 0.178. The predicted molar refractivity (Wildman–Crippen MR) is 67.9 cm³/mol. The van der Waals surface area contributed by atoms with Gasteiger partial charge in [0.2, 0.25) is 10.0 Å². The summed E-state index contributed by atoms with van der Waals surface area (Å²) in [7, 11) is -3.59. The molecule has 1 aromatic rings. The first-order valence-electron chi connectivity index (χ1n) is 5.80. The molecule has 7 heteroatoms. The van der Waals surface area contributed by atoms with Gasteiger partial charge in [0.15, 0.2) is 0 Å². The zero-order valence-corrected chi connectivity index (χ0v) is 11.4. The molecule has 0 atom stereocenters. The van der Waals surface area contributed by atoms with Gasteiger partial charge >= 0.3 is 0 Å². The van der Waals surface area contributed by atoms with Gasteiger partial charge in [0.1, 0.15) is 10.0 Å². The summed E-state index contributed by atoms with van der Waals surface area (Å²) in [4.78, 5) is 3.91. The number of nitrogens with zero attached hydrogens (tertiary/aromatic N) is 2. The van der Waals surface area contributed by atoms with E-state index in [-0.39, 0.29) is 29.2 Å². The fourth-order valence-electron chi connectivity index (χ4n) is 1.92. The Labute approximate surface area is 111 Å². The molecule has 1 aliphatic carbocycles. The van der Waals surface area contributed by atoms with Gasteiger partial charge in [0.25, 0.3) is 0 Å². The standard InChI is InChI=1S/C11H15ClN2O3S/c12-11-5-4-10(8-13-11)18(16,17)14(6-7-15)9-2-1-3-9/h4-5,8-9,15H,1-3,6-7H2. The Balaban J connectivity index is 2.29. The van der Waals surface area contributed by atoms with Crippen molar-refractivity contribution >= 4 is 21.6 Å². The number of pyridine rings is 1. The van der Waals surface area contributed by atoms with Crippen molar-refractivity contribution in [3.05, 3.63) is 23.5 Å². The van der Waals surface area contributed by atoms with Crippen LogP contribution in [-0.2, 0) is 10.0 Å². The molecule has 0 saturated heterocycles. The zero-order chi connectivity index (χ0) is 13.2. The Morgan fingerprint density at radius 2 is 2.17 bits per heavy atom. The van der Waals surface area contributed by atoms with E-state index in [0.717, 1.165) is 19.3 Å². The average Bonchev–Trinajstić information content (AvgIpc) is 2.26. The fraction of sp³-hybridized carbons (Fsp3) is 0.545. The maximum absolute atomic E-state index is 12.4. The Bertz CT molecular complexity index is 500. The van der Waals surface area contributed by atoms with E-state index in [1.807, 2.05) is 0 Å². The number of hydrogen-bond donors (Lipinski definition) is 1. The third-order valence-corrected chi connectivity index (χ3v) is 5.27. The largest absolute Gasteiger partial charge is 0.395 e. The van der Waals surface area contributed by atoms with Crippen molar-refractivity contribution < 1.29 is 13.5 Å². The lowest BCUT2D eigenvalue weighted by Gasteiger charge is -2.36. The molecule has 1 saturated carbocycles. The van der Waals surface area contributed by atoms with Crippen LogP contribution < -0.4 is 0 Å². The van der Waals surface area contributed by atoms with Gasteiger partial charge in [0.05, 0.1) is 6.61 Å². The number of aliphatic hydroxyl groups excluding tert-OH is 1. The quantitative estimate of drug-likeness (QED) is 0.829. The first-order valence-corrected chi connectivity index (χ1v) is 7.62. The van der Waals surface area contributed by atoms with Crippen molar-refractivity contribution in [3.63, 3.8) is 0 Å². The Morgan fingerprint density at radius 3 is 2.61 bits per heavy atom. The summed E-state index contributed by atoms with van der Waals surface area (Å²) in [6, 6.07) is 2.89. The van der Waals surface area contributed by atoms with Crippen molar-refractivity contribution in [1.29, 1.82) is 0 Å². The van der Waals surface area contributed by atoms with E-state index in [1.165, 1.54) is 22.6 Å². The van der Waals surface area contributed by atoms with Crippen LogP contribution in [0.15, 0.2) is 23.2 Å². The predicted octanol–water partition coefficient (Wildman–Crippen LogP) is 1.27. The van der Waals surface area contributed by atoms with Gasteiger partial charge in [-0.2, -0.15) is 4.31 Å². The van der Waals surface area contributed by atoms with Crippen LogP contribution in [0.3, 0.4) is 0 Å². The monoisotopic (exact) mass is 290 g/mol. The molecule has 5 nitrogen and oxygen atoms in total. The molecule has 1 aliphatic rings. The second-order valence-electron chi connectivity index (χ2n) is 4.24. The van der Waals surface area contributed by atoms with E-state index < -0.39 is 10.0 Å². The molecule has 0 unspecified atom stereocenters. The van der Waals surface area contributed by atoms with Crippen LogP contribution in [0.4, 0.5) is 0 Å². The molecule has 1 fully saturated rings. The van der Waals surface area contributed by atoms with Gasteiger partial charge in [-0.05, 0) is 25.0 Å². The molecule has 0 radical (unpaired) electrons. The van der Waals surface area contributed by atoms with Crippen molar-refractivity contribution in [2.24, 2.45) is 0 Å². The molecule has 1 N–H and O–H groups in total. The van der Waals surface area contributed by atoms with E-state index in [4.69, 9.17) is 16.7 Å². The highest BCUT2D eigenvalue weighted by molar-refractivity contribution is 7.89. The molecular weight excluding hydrogens is 276 g/mol. The summed E-state index contributed by atoms with van der Waals surface area (Å²) in [6.45, 7) is -0.0631. The van der Waals surface area contributed by atoms with Gasteiger partial charge in [-0.25, -0.2) is 13.4 Å². The van der Waals surface area contributed by atoms with Crippen molar-refractivity contribution in [3.8, 4) is 0 Å². The SMILES string of the molecule is O=S(=O)(c1ccc(Cl)nc1)N(CCO)C1CCC1. The first kappa shape index (κ1) is 13.7. The molecule has 0 spiro atoms. The van der Waals surface area contributed by atoms with Crippen molar-refractivity contribution in [2.45, 2.75) is 30.2 Å². The molecular formula is C11H15ClN2O3S.